The molecule has 0 aliphatic heterocycles. The number of imidazole rings is 1. The maximum Gasteiger partial charge on any atom is 0.242 e. The molecule has 7 heteroatoms. The Morgan fingerprint density at radius 2 is 2.14 bits per heavy atom. The number of rotatable bonds is 6. The fraction of sp³-hybridized carbons (Fsp3) is 0.357. The summed E-state index contributed by atoms with van der Waals surface area (Å²) in [5.74, 6) is -0.164. The topological polar surface area (TPSA) is 86.9 Å². The van der Waals surface area contributed by atoms with E-state index in [0.717, 1.165) is 11.0 Å². The highest BCUT2D eigenvalue weighted by Crippen LogP contribution is 2.18. The lowest BCUT2D eigenvalue weighted by Gasteiger charge is -2.12. The Labute approximate surface area is 127 Å². The third-order valence-electron chi connectivity index (χ3n) is 2.83. The fourth-order valence-corrected chi connectivity index (χ4v) is 2.50. The lowest BCUT2D eigenvalue weighted by atomic mass is 10.3. The number of nitrogens with one attached hydrogen (secondary N) is 3. The summed E-state index contributed by atoms with van der Waals surface area (Å²) >= 11 is 1.31. The van der Waals surface area contributed by atoms with Crippen molar-refractivity contribution in [1.82, 2.24) is 20.6 Å². The number of amides is 2. The van der Waals surface area contributed by atoms with Gasteiger partial charge in [-0.3, -0.25) is 9.59 Å². The highest BCUT2D eigenvalue weighted by Gasteiger charge is 2.15. The van der Waals surface area contributed by atoms with Gasteiger partial charge in [0.2, 0.25) is 11.8 Å². The number of hydrogen-bond acceptors (Lipinski definition) is 4. The largest absolute Gasteiger partial charge is 0.355 e. The van der Waals surface area contributed by atoms with Crippen molar-refractivity contribution >= 4 is 34.6 Å². The molecular formula is C14H18N4O2S. The van der Waals surface area contributed by atoms with Crippen LogP contribution in [0.1, 0.15) is 13.8 Å². The van der Waals surface area contributed by atoms with Crippen LogP contribution in [-0.2, 0) is 9.59 Å². The number of carbonyl (C=O) groups is 2. The third-order valence-corrected chi connectivity index (χ3v) is 3.70. The normalized spacial score (nSPS) is 12.1. The van der Waals surface area contributed by atoms with Gasteiger partial charge in [-0.25, -0.2) is 4.98 Å². The molecule has 2 amide bonds. The molecule has 0 radical (unpaired) electrons. The number of nitrogens with zero attached hydrogens (tertiary/aromatic N) is 1. The Morgan fingerprint density at radius 1 is 1.38 bits per heavy atom. The summed E-state index contributed by atoms with van der Waals surface area (Å²) in [6.07, 6.45) is 0. The highest BCUT2D eigenvalue weighted by atomic mass is 32.2. The molecule has 112 valence electrons. The van der Waals surface area contributed by atoms with E-state index in [1.54, 1.807) is 6.92 Å². The van der Waals surface area contributed by atoms with Crippen molar-refractivity contribution < 1.29 is 9.59 Å². The van der Waals surface area contributed by atoms with Crippen LogP contribution >= 0.6 is 11.8 Å². The van der Waals surface area contributed by atoms with Crippen molar-refractivity contribution in [2.24, 2.45) is 0 Å². The second kappa shape index (κ2) is 7.12. The van der Waals surface area contributed by atoms with E-state index in [-0.39, 0.29) is 17.6 Å². The lowest BCUT2D eigenvalue weighted by Crippen LogP contribution is -2.45. The van der Waals surface area contributed by atoms with E-state index in [0.29, 0.717) is 11.7 Å². The molecule has 1 aromatic heterocycles. The van der Waals surface area contributed by atoms with Crippen molar-refractivity contribution in [2.75, 3.05) is 12.3 Å². The standard InChI is InChI=1S/C14H18N4O2S/c1-3-15-13(20)9(2)16-12(19)8-21-14-17-10-6-4-5-7-11(10)18-14/h4-7,9H,3,8H2,1-2H3,(H,15,20)(H,16,19)(H,17,18)/t9-/m0/s1. The molecule has 1 heterocycles. The Kier molecular flexibility index (Phi) is 5.21. The van der Waals surface area contributed by atoms with Crippen molar-refractivity contribution in [3.63, 3.8) is 0 Å². The van der Waals surface area contributed by atoms with E-state index >= 15 is 0 Å². The molecule has 1 aromatic carbocycles. The highest BCUT2D eigenvalue weighted by molar-refractivity contribution is 7.99. The van der Waals surface area contributed by atoms with Gasteiger partial charge in [0.1, 0.15) is 6.04 Å². The number of aromatic amines is 1. The second-order valence-electron chi connectivity index (χ2n) is 4.53. The number of fused-ring (bicyclic) bond motifs is 1. The number of carbonyl (C=O) groups excluding carboxylic acids is 2. The van der Waals surface area contributed by atoms with Crippen LogP contribution in [0.4, 0.5) is 0 Å². The minimum atomic E-state index is -0.534. The maximum absolute atomic E-state index is 11.8. The van der Waals surface area contributed by atoms with E-state index in [1.807, 2.05) is 31.2 Å². The summed E-state index contributed by atoms with van der Waals surface area (Å²) in [7, 11) is 0. The lowest BCUT2D eigenvalue weighted by molar-refractivity contribution is -0.127. The zero-order valence-corrected chi connectivity index (χ0v) is 12.8. The summed E-state index contributed by atoms with van der Waals surface area (Å²) in [6, 6.07) is 7.15. The Bertz CT molecular complexity index is 608. The van der Waals surface area contributed by atoms with Crippen LogP contribution in [0, 0.1) is 0 Å². The summed E-state index contributed by atoms with van der Waals surface area (Å²) in [5, 5.41) is 6.01. The summed E-state index contributed by atoms with van der Waals surface area (Å²) in [6.45, 7) is 4.05. The molecule has 6 nitrogen and oxygen atoms in total. The molecule has 0 unspecified atom stereocenters. The monoisotopic (exact) mass is 306 g/mol. The van der Waals surface area contributed by atoms with E-state index in [4.69, 9.17) is 0 Å². The van der Waals surface area contributed by atoms with Crippen molar-refractivity contribution in [3.8, 4) is 0 Å². The molecule has 0 aliphatic rings. The van der Waals surface area contributed by atoms with Crippen molar-refractivity contribution in [1.29, 1.82) is 0 Å². The van der Waals surface area contributed by atoms with Gasteiger partial charge in [0.25, 0.3) is 0 Å². The molecule has 1 atom stereocenters. The number of para-hydroxylation sites is 2. The van der Waals surface area contributed by atoms with Gasteiger partial charge in [-0.2, -0.15) is 0 Å². The SMILES string of the molecule is CCNC(=O)[C@H](C)NC(=O)CSc1nc2ccccc2[nH]1. The molecule has 0 bridgehead atoms. The van der Waals surface area contributed by atoms with Crippen LogP contribution < -0.4 is 10.6 Å². The number of thioether (sulfide) groups is 1. The first kappa shape index (κ1) is 15.4. The van der Waals surface area contributed by atoms with Gasteiger partial charge in [-0.1, -0.05) is 23.9 Å². The zero-order chi connectivity index (χ0) is 15.2. The molecule has 0 saturated carbocycles. The van der Waals surface area contributed by atoms with Crippen LogP contribution in [0.3, 0.4) is 0 Å². The molecule has 0 saturated heterocycles. The van der Waals surface area contributed by atoms with Crippen LogP contribution in [0.25, 0.3) is 11.0 Å². The van der Waals surface area contributed by atoms with E-state index in [2.05, 4.69) is 20.6 Å². The smallest absolute Gasteiger partial charge is 0.242 e. The van der Waals surface area contributed by atoms with Crippen LogP contribution in [0.2, 0.25) is 0 Å². The molecule has 2 rings (SSSR count). The van der Waals surface area contributed by atoms with Crippen LogP contribution in [-0.4, -0.2) is 40.1 Å². The van der Waals surface area contributed by atoms with Crippen molar-refractivity contribution in [2.45, 2.75) is 25.0 Å². The predicted molar refractivity (Wildman–Crippen MR) is 83.1 cm³/mol. The minimum Gasteiger partial charge on any atom is -0.355 e. The number of aromatic nitrogens is 2. The van der Waals surface area contributed by atoms with Gasteiger partial charge >= 0.3 is 0 Å². The van der Waals surface area contributed by atoms with Gasteiger partial charge in [0, 0.05) is 6.54 Å². The van der Waals surface area contributed by atoms with Crippen LogP contribution in [0.15, 0.2) is 29.4 Å². The first-order valence-corrected chi connectivity index (χ1v) is 7.73. The fourth-order valence-electron chi connectivity index (χ4n) is 1.81. The third kappa shape index (κ3) is 4.22. The van der Waals surface area contributed by atoms with E-state index in [9.17, 15) is 9.59 Å². The molecule has 3 N–H and O–H groups in total. The van der Waals surface area contributed by atoms with Crippen molar-refractivity contribution in [3.05, 3.63) is 24.3 Å². The summed E-state index contributed by atoms with van der Waals surface area (Å²) < 4.78 is 0. The molecule has 0 aliphatic carbocycles. The zero-order valence-electron chi connectivity index (χ0n) is 12.0. The average Bonchev–Trinajstić information content (AvgIpc) is 2.88. The second-order valence-corrected chi connectivity index (χ2v) is 5.50. The van der Waals surface area contributed by atoms with Gasteiger partial charge in [-0.15, -0.1) is 0 Å². The van der Waals surface area contributed by atoms with Gasteiger partial charge < -0.3 is 15.6 Å². The minimum absolute atomic E-state index is 0.181. The molecule has 21 heavy (non-hydrogen) atoms. The number of likely N-dealkylation sites (N-methyl/N-ethyl adjacent to an activating group) is 1. The number of H-pyrrole nitrogens is 1. The quantitative estimate of drug-likeness (QED) is 0.702. The van der Waals surface area contributed by atoms with E-state index in [1.165, 1.54) is 11.8 Å². The Balaban J connectivity index is 1.84. The van der Waals surface area contributed by atoms with E-state index < -0.39 is 6.04 Å². The molecule has 0 spiro atoms. The predicted octanol–water partition coefficient (Wildman–Crippen LogP) is 1.30. The van der Waals surface area contributed by atoms with Gasteiger partial charge in [0.15, 0.2) is 5.16 Å². The Morgan fingerprint density at radius 3 is 2.86 bits per heavy atom. The van der Waals surface area contributed by atoms with Gasteiger partial charge in [-0.05, 0) is 26.0 Å². The summed E-state index contributed by atoms with van der Waals surface area (Å²) in [4.78, 5) is 30.8. The molecule has 2 aromatic rings. The first-order valence-electron chi connectivity index (χ1n) is 6.74. The molecule has 0 fully saturated rings. The number of hydrogen-bond donors (Lipinski definition) is 3. The van der Waals surface area contributed by atoms with Gasteiger partial charge in [0.05, 0.1) is 16.8 Å². The average molecular weight is 306 g/mol. The Hall–Kier alpha value is -2.02. The number of benzene rings is 1. The van der Waals surface area contributed by atoms with Crippen LogP contribution in [0.5, 0.6) is 0 Å². The first-order chi connectivity index (χ1) is 10.1. The molecular weight excluding hydrogens is 288 g/mol. The maximum atomic E-state index is 11.8. The summed E-state index contributed by atoms with van der Waals surface area (Å²) in [5.41, 5.74) is 1.81.